The van der Waals surface area contributed by atoms with Gasteiger partial charge in [-0.05, 0) is 75.2 Å². The van der Waals surface area contributed by atoms with Gasteiger partial charge in [-0.25, -0.2) is 9.97 Å². The van der Waals surface area contributed by atoms with E-state index in [4.69, 9.17) is 26.1 Å². The van der Waals surface area contributed by atoms with Crippen molar-refractivity contribution in [3.8, 4) is 29.0 Å². The van der Waals surface area contributed by atoms with Crippen LogP contribution in [0, 0.1) is 16.7 Å². The van der Waals surface area contributed by atoms with Crippen molar-refractivity contribution < 1.29 is 14.3 Å². The first-order valence-electron chi connectivity index (χ1n) is 13.7. The number of benzene rings is 1. The summed E-state index contributed by atoms with van der Waals surface area (Å²) in [6.07, 6.45) is 4.31. The summed E-state index contributed by atoms with van der Waals surface area (Å²) in [7, 11) is 0. The van der Waals surface area contributed by atoms with Gasteiger partial charge in [-0.3, -0.25) is 4.79 Å². The zero-order valence-corrected chi connectivity index (χ0v) is 23.1. The van der Waals surface area contributed by atoms with Gasteiger partial charge in [-0.15, -0.1) is 0 Å². The van der Waals surface area contributed by atoms with E-state index < -0.39 is 0 Å². The van der Waals surface area contributed by atoms with Gasteiger partial charge in [0.2, 0.25) is 5.88 Å². The molecule has 6 rings (SSSR count). The molecule has 10 heteroatoms. The zero-order valence-electron chi connectivity index (χ0n) is 22.3. The van der Waals surface area contributed by atoms with Crippen LogP contribution < -0.4 is 25.0 Å². The molecule has 3 aliphatic rings. The fourth-order valence-electron chi connectivity index (χ4n) is 5.96. The van der Waals surface area contributed by atoms with Gasteiger partial charge in [0.15, 0.2) is 11.4 Å². The Hall–Kier alpha value is -3.87. The van der Waals surface area contributed by atoms with E-state index in [0.29, 0.717) is 34.5 Å². The molecular formula is C30H31ClN6O3. The molecule has 2 aliphatic heterocycles. The Labute approximate surface area is 238 Å². The molecule has 40 heavy (non-hydrogen) atoms. The number of carbonyl (C=O) groups is 1. The number of amides is 1. The molecule has 2 aromatic heterocycles. The number of nitrogens with zero attached hydrogens (tertiary/aromatic N) is 4. The van der Waals surface area contributed by atoms with Crippen LogP contribution in [0.2, 0.25) is 5.02 Å². The Morgan fingerprint density at radius 2 is 2.12 bits per heavy atom. The highest BCUT2D eigenvalue weighted by Crippen LogP contribution is 2.51. The molecule has 1 aliphatic carbocycles. The first kappa shape index (κ1) is 26.4. The molecule has 4 heterocycles. The van der Waals surface area contributed by atoms with Crippen LogP contribution in [0.25, 0.3) is 11.3 Å². The van der Waals surface area contributed by atoms with Gasteiger partial charge in [0.1, 0.15) is 12.2 Å². The molecule has 1 unspecified atom stereocenters. The molecule has 1 amide bonds. The van der Waals surface area contributed by atoms with Gasteiger partial charge < -0.3 is 25.0 Å². The number of hydrogen-bond acceptors (Lipinski definition) is 8. The maximum Gasteiger partial charge on any atom is 0.274 e. The van der Waals surface area contributed by atoms with Crippen molar-refractivity contribution in [2.75, 3.05) is 37.7 Å². The summed E-state index contributed by atoms with van der Waals surface area (Å²) in [6.45, 7) is 5.73. The standard InChI is InChI=1S/C30H31ClN6O3/c1-2-39-29-23(4-3-10-34-29)24-6-8-26(27(36-24)28(38)35-21-9-11-33-16-21)40-22-13-30(14-22)17-37(18-30)25-7-5-20(31)12-19(25)15-32/h3-8,10,12,21-22,33H,2,9,11,13-14,16-18H2,1H3,(H,35,38). The van der Waals surface area contributed by atoms with Gasteiger partial charge in [-0.2, -0.15) is 5.26 Å². The second kappa shape index (κ2) is 11.0. The van der Waals surface area contributed by atoms with E-state index in [9.17, 15) is 10.1 Å². The predicted molar refractivity (Wildman–Crippen MR) is 152 cm³/mol. The molecule has 3 aromatic rings. The highest BCUT2D eigenvalue weighted by atomic mass is 35.5. The second-order valence-corrected chi connectivity index (χ2v) is 11.2. The number of rotatable bonds is 8. The van der Waals surface area contributed by atoms with E-state index in [1.807, 2.05) is 43.3 Å². The van der Waals surface area contributed by atoms with Gasteiger partial charge in [-0.1, -0.05) is 11.6 Å². The summed E-state index contributed by atoms with van der Waals surface area (Å²) in [6, 6.07) is 15.2. The minimum absolute atomic E-state index is 0.00692. The lowest BCUT2D eigenvalue weighted by atomic mass is 9.61. The number of halogens is 1. The van der Waals surface area contributed by atoms with E-state index in [1.54, 1.807) is 12.3 Å². The lowest BCUT2D eigenvalue weighted by molar-refractivity contribution is -0.0344. The van der Waals surface area contributed by atoms with Crippen LogP contribution in [-0.4, -0.2) is 60.8 Å². The molecule has 2 saturated heterocycles. The number of anilines is 1. The number of aromatic nitrogens is 2. The Bertz CT molecular complexity index is 1450. The van der Waals surface area contributed by atoms with Crippen LogP contribution >= 0.6 is 11.6 Å². The van der Waals surface area contributed by atoms with Gasteiger partial charge >= 0.3 is 0 Å². The summed E-state index contributed by atoms with van der Waals surface area (Å²) < 4.78 is 12.1. The fourth-order valence-corrected chi connectivity index (χ4v) is 6.13. The SMILES string of the molecule is CCOc1ncccc1-c1ccc(OC2CC3(C2)CN(c2ccc(Cl)cc2C#N)C3)c(C(=O)NC2CCNC2)n1. The van der Waals surface area contributed by atoms with Crippen LogP contribution in [0.4, 0.5) is 5.69 Å². The Morgan fingerprint density at radius 1 is 1.27 bits per heavy atom. The van der Waals surface area contributed by atoms with Gasteiger partial charge in [0, 0.05) is 42.3 Å². The minimum Gasteiger partial charge on any atom is -0.488 e. The predicted octanol–water partition coefficient (Wildman–Crippen LogP) is 4.21. The lowest BCUT2D eigenvalue weighted by Gasteiger charge is -2.59. The first-order chi connectivity index (χ1) is 19.5. The van der Waals surface area contributed by atoms with E-state index in [-0.39, 0.29) is 29.2 Å². The van der Waals surface area contributed by atoms with Gasteiger partial charge in [0.05, 0.1) is 29.1 Å². The van der Waals surface area contributed by atoms with Crippen molar-refractivity contribution in [1.82, 2.24) is 20.6 Å². The maximum atomic E-state index is 13.4. The number of carbonyl (C=O) groups excluding carboxylic acids is 1. The normalized spacial score (nSPS) is 19.4. The molecule has 0 bridgehead atoms. The molecule has 0 radical (unpaired) electrons. The molecular weight excluding hydrogens is 528 g/mol. The third-order valence-electron chi connectivity index (χ3n) is 7.88. The monoisotopic (exact) mass is 558 g/mol. The molecule has 9 nitrogen and oxygen atoms in total. The first-order valence-corrected chi connectivity index (χ1v) is 14.1. The Balaban J connectivity index is 1.18. The summed E-state index contributed by atoms with van der Waals surface area (Å²) in [5, 5.41) is 16.5. The topological polar surface area (TPSA) is 112 Å². The van der Waals surface area contributed by atoms with Crippen LogP contribution in [-0.2, 0) is 0 Å². The number of nitrogens with one attached hydrogen (secondary N) is 2. The van der Waals surface area contributed by atoms with Crippen molar-refractivity contribution in [3.05, 3.63) is 64.9 Å². The molecule has 1 spiro atoms. The summed E-state index contributed by atoms with van der Waals surface area (Å²) >= 11 is 6.07. The summed E-state index contributed by atoms with van der Waals surface area (Å²) in [4.78, 5) is 24.7. The fraction of sp³-hybridized carbons (Fsp3) is 0.400. The Kier molecular flexibility index (Phi) is 7.22. The molecule has 1 atom stereocenters. The van der Waals surface area contributed by atoms with Crippen LogP contribution in [0.1, 0.15) is 42.2 Å². The molecule has 206 valence electrons. The minimum atomic E-state index is -0.247. The van der Waals surface area contributed by atoms with Crippen molar-refractivity contribution >= 4 is 23.2 Å². The summed E-state index contributed by atoms with van der Waals surface area (Å²) in [5.74, 6) is 0.714. The van der Waals surface area contributed by atoms with Crippen molar-refractivity contribution in [2.45, 2.75) is 38.3 Å². The number of hydrogen-bond donors (Lipinski definition) is 2. The summed E-state index contributed by atoms with van der Waals surface area (Å²) in [5.41, 5.74) is 3.27. The average Bonchev–Trinajstić information content (AvgIpc) is 3.43. The van der Waals surface area contributed by atoms with E-state index in [2.05, 4.69) is 26.6 Å². The quantitative estimate of drug-likeness (QED) is 0.423. The largest absolute Gasteiger partial charge is 0.488 e. The highest BCUT2D eigenvalue weighted by molar-refractivity contribution is 6.30. The van der Waals surface area contributed by atoms with Crippen molar-refractivity contribution in [1.29, 1.82) is 5.26 Å². The third-order valence-corrected chi connectivity index (χ3v) is 8.12. The van der Waals surface area contributed by atoms with Crippen LogP contribution in [0.3, 0.4) is 0 Å². The van der Waals surface area contributed by atoms with Crippen LogP contribution in [0.5, 0.6) is 11.6 Å². The van der Waals surface area contributed by atoms with Crippen LogP contribution in [0.15, 0.2) is 48.7 Å². The Morgan fingerprint density at radius 3 is 2.88 bits per heavy atom. The number of ether oxygens (including phenoxy) is 2. The van der Waals surface area contributed by atoms with E-state index >= 15 is 0 Å². The number of pyridine rings is 2. The number of nitriles is 1. The molecule has 3 fully saturated rings. The zero-order chi connectivity index (χ0) is 27.7. The second-order valence-electron chi connectivity index (χ2n) is 10.8. The smallest absolute Gasteiger partial charge is 0.274 e. The third kappa shape index (κ3) is 5.17. The molecule has 2 N–H and O–H groups in total. The van der Waals surface area contributed by atoms with Crippen molar-refractivity contribution in [3.63, 3.8) is 0 Å². The maximum absolute atomic E-state index is 13.4. The van der Waals surface area contributed by atoms with E-state index in [0.717, 1.165) is 56.7 Å². The average molecular weight is 559 g/mol. The van der Waals surface area contributed by atoms with E-state index in [1.165, 1.54) is 0 Å². The van der Waals surface area contributed by atoms with Crippen molar-refractivity contribution in [2.24, 2.45) is 5.41 Å². The molecule has 1 saturated carbocycles. The molecule has 1 aromatic carbocycles. The van der Waals surface area contributed by atoms with Gasteiger partial charge in [0.25, 0.3) is 5.91 Å². The lowest BCUT2D eigenvalue weighted by Crippen LogP contribution is -2.65. The highest BCUT2D eigenvalue weighted by Gasteiger charge is 2.54.